The van der Waals surface area contributed by atoms with Crippen molar-refractivity contribution in [1.29, 1.82) is 0 Å². The first-order valence-electron chi connectivity index (χ1n) is 3.04. The first kappa shape index (κ1) is 8.48. The highest BCUT2D eigenvalue weighted by atomic mass is 16.3. The molecule has 0 saturated carbocycles. The molecular formula is C7H12O2. The molecule has 0 rings (SSSR count). The van der Waals surface area contributed by atoms with Crippen molar-refractivity contribution >= 4 is 0 Å². The summed E-state index contributed by atoms with van der Waals surface area (Å²) >= 11 is 0. The molecule has 2 N–H and O–H groups in total. The Morgan fingerprint density at radius 2 is 2.22 bits per heavy atom. The molecule has 0 aliphatic carbocycles. The molecule has 52 valence electrons. The smallest absolute Gasteiger partial charge is 0.111 e. The molecule has 0 aromatic rings. The molecule has 9 heavy (non-hydrogen) atoms. The highest BCUT2D eigenvalue weighted by molar-refractivity contribution is 5.02. The Hall–Kier alpha value is -0.520. The molecule has 2 heteroatoms. The van der Waals surface area contributed by atoms with Crippen LogP contribution in [0.1, 0.15) is 19.8 Å². The molecule has 0 spiro atoms. The highest BCUT2D eigenvalue weighted by Crippen LogP contribution is 1.83. The van der Waals surface area contributed by atoms with Gasteiger partial charge < -0.3 is 10.2 Å². The van der Waals surface area contributed by atoms with Crippen molar-refractivity contribution in [3.63, 3.8) is 0 Å². The van der Waals surface area contributed by atoms with Gasteiger partial charge in [0, 0.05) is 13.0 Å². The minimum absolute atomic E-state index is 0.175. The average Bonchev–Trinajstić information content (AvgIpc) is 1.80. The van der Waals surface area contributed by atoms with E-state index in [1.165, 1.54) is 0 Å². The lowest BCUT2D eigenvalue weighted by molar-refractivity contribution is 0.253. The molecule has 2 nitrogen and oxygen atoms in total. The first-order chi connectivity index (χ1) is 4.27. The fraction of sp³-hybridized carbons (Fsp3) is 0.714. The first-order valence-corrected chi connectivity index (χ1v) is 3.04. The Balaban J connectivity index is 3.16. The Morgan fingerprint density at radius 1 is 1.56 bits per heavy atom. The van der Waals surface area contributed by atoms with E-state index in [-0.39, 0.29) is 6.61 Å². The second kappa shape index (κ2) is 5.61. The van der Waals surface area contributed by atoms with Gasteiger partial charge in [0.05, 0.1) is 0 Å². The van der Waals surface area contributed by atoms with Gasteiger partial charge in [0.25, 0.3) is 0 Å². The summed E-state index contributed by atoms with van der Waals surface area (Å²) in [6.45, 7) is 1.79. The molecule has 0 radical (unpaired) electrons. The second-order valence-electron chi connectivity index (χ2n) is 1.82. The minimum Gasteiger partial charge on any atom is -0.396 e. The molecule has 0 fully saturated rings. The summed E-state index contributed by atoms with van der Waals surface area (Å²) in [6.07, 6.45) is 0.824. The monoisotopic (exact) mass is 128 g/mol. The van der Waals surface area contributed by atoms with E-state index in [4.69, 9.17) is 10.2 Å². The van der Waals surface area contributed by atoms with Crippen molar-refractivity contribution < 1.29 is 10.2 Å². The van der Waals surface area contributed by atoms with Crippen LogP contribution in [0.4, 0.5) is 0 Å². The van der Waals surface area contributed by atoms with Crippen LogP contribution >= 0.6 is 0 Å². The normalized spacial score (nSPS) is 11.9. The van der Waals surface area contributed by atoms with Gasteiger partial charge in [-0.2, -0.15) is 0 Å². The van der Waals surface area contributed by atoms with Gasteiger partial charge in [0.15, 0.2) is 0 Å². The number of aliphatic hydroxyl groups is 2. The second-order valence-corrected chi connectivity index (χ2v) is 1.82. The average molecular weight is 128 g/mol. The van der Waals surface area contributed by atoms with Crippen LogP contribution in [-0.2, 0) is 0 Å². The van der Waals surface area contributed by atoms with Gasteiger partial charge >= 0.3 is 0 Å². The van der Waals surface area contributed by atoms with Gasteiger partial charge in [-0.25, -0.2) is 0 Å². The lowest BCUT2D eigenvalue weighted by atomic mass is 10.3. The van der Waals surface area contributed by atoms with Gasteiger partial charge in [0.1, 0.15) is 6.10 Å². The standard InChI is InChI=1S/C7H12O2/c1-7(9)5-3-2-4-6-8/h7-9H,2,4,6H2,1H3. The van der Waals surface area contributed by atoms with Crippen molar-refractivity contribution in [3.05, 3.63) is 0 Å². The lowest BCUT2D eigenvalue weighted by Crippen LogP contribution is -1.92. The molecule has 1 unspecified atom stereocenters. The fourth-order valence-corrected chi connectivity index (χ4v) is 0.387. The van der Waals surface area contributed by atoms with Crippen LogP contribution in [0, 0.1) is 11.8 Å². The third kappa shape index (κ3) is 7.48. The molecule has 1 atom stereocenters. The zero-order chi connectivity index (χ0) is 7.11. The number of unbranched alkanes of at least 4 members (excludes halogenated alkanes) is 1. The van der Waals surface area contributed by atoms with E-state index in [0.717, 1.165) is 0 Å². The molecule has 0 bridgehead atoms. The van der Waals surface area contributed by atoms with Crippen LogP contribution in [0.25, 0.3) is 0 Å². The van der Waals surface area contributed by atoms with Crippen LogP contribution in [0.15, 0.2) is 0 Å². The van der Waals surface area contributed by atoms with Crippen molar-refractivity contribution in [3.8, 4) is 11.8 Å². The largest absolute Gasteiger partial charge is 0.396 e. The predicted molar refractivity (Wildman–Crippen MR) is 35.8 cm³/mol. The maximum absolute atomic E-state index is 8.62. The Labute approximate surface area is 55.5 Å². The number of hydrogen-bond acceptors (Lipinski definition) is 2. The summed E-state index contributed by atoms with van der Waals surface area (Å²) in [5.41, 5.74) is 0. The Kier molecular flexibility index (Phi) is 5.29. The van der Waals surface area contributed by atoms with E-state index in [2.05, 4.69) is 11.8 Å². The van der Waals surface area contributed by atoms with Crippen LogP contribution in [0.5, 0.6) is 0 Å². The van der Waals surface area contributed by atoms with Gasteiger partial charge in [-0.1, -0.05) is 5.92 Å². The molecule has 0 aliphatic rings. The summed E-state index contributed by atoms with van der Waals surface area (Å²) in [6, 6.07) is 0. The molecule has 0 aromatic carbocycles. The number of rotatable bonds is 2. The van der Waals surface area contributed by atoms with Crippen LogP contribution in [0.2, 0.25) is 0 Å². The SMILES string of the molecule is CC(O)C#CCCCO. The minimum atomic E-state index is -0.538. The fourth-order valence-electron chi connectivity index (χ4n) is 0.387. The van der Waals surface area contributed by atoms with Gasteiger partial charge in [-0.15, -0.1) is 5.92 Å². The van der Waals surface area contributed by atoms with Crippen molar-refractivity contribution in [2.45, 2.75) is 25.9 Å². The summed E-state index contributed by atoms with van der Waals surface area (Å²) in [4.78, 5) is 0. The van der Waals surface area contributed by atoms with E-state index in [1.54, 1.807) is 6.92 Å². The Morgan fingerprint density at radius 3 is 2.67 bits per heavy atom. The molecule has 0 saturated heterocycles. The number of hydrogen-bond donors (Lipinski definition) is 2. The van der Waals surface area contributed by atoms with Gasteiger partial charge in [-0.05, 0) is 13.3 Å². The molecule has 0 amide bonds. The zero-order valence-electron chi connectivity index (χ0n) is 5.59. The third-order valence-electron chi connectivity index (χ3n) is 0.771. The summed E-state index contributed by atoms with van der Waals surface area (Å²) in [5, 5.41) is 16.9. The number of aliphatic hydroxyl groups excluding tert-OH is 2. The van der Waals surface area contributed by atoms with Crippen LogP contribution in [0.3, 0.4) is 0 Å². The molecule has 0 aliphatic heterocycles. The third-order valence-corrected chi connectivity index (χ3v) is 0.771. The topological polar surface area (TPSA) is 40.5 Å². The predicted octanol–water partition coefficient (Wildman–Crippen LogP) is 0.143. The summed E-state index contributed by atoms with van der Waals surface area (Å²) < 4.78 is 0. The van der Waals surface area contributed by atoms with E-state index >= 15 is 0 Å². The highest BCUT2D eigenvalue weighted by Gasteiger charge is 1.81. The van der Waals surface area contributed by atoms with Crippen molar-refractivity contribution in [1.82, 2.24) is 0 Å². The van der Waals surface area contributed by atoms with E-state index in [9.17, 15) is 0 Å². The quantitative estimate of drug-likeness (QED) is 0.410. The van der Waals surface area contributed by atoms with Crippen molar-refractivity contribution in [2.75, 3.05) is 6.61 Å². The van der Waals surface area contributed by atoms with Gasteiger partial charge in [0.2, 0.25) is 0 Å². The maximum atomic E-state index is 8.62. The van der Waals surface area contributed by atoms with E-state index in [1.807, 2.05) is 0 Å². The Bertz CT molecular complexity index is 108. The molecular weight excluding hydrogens is 116 g/mol. The van der Waals surface area contributed by atoms with Gasteiger partial charge in [-0.3, -0.25) is 0 Å². The molecule has 0 heterocycles. The summed E-state index contributed by atoms with van der Waals surface area (Å²) in [7, 11) is 0. The zero-order valence-corrected chi connectivity index (χ0v) is 5.59. The summed E-state index contributed by atoms with van der Waals surface area (Å²) in [5.74, 6) is 5.30. The lowest BCUT2D eigenvalue weighted by Gasteiger charge is -1.87. The van der Waals surface area contributed by atoms with Crippen molar-refractivity contribution in [2.24, 2.45) is 0 Å². The maximum Gasteiger partial charge on any atom is 0.111 e. The van der Waals surface area contributed by atoms with Crippen LogP contribution in [-0.4, -0.2) is 22.9 Å². The van der Waals surface area contributed by atoms with E-state index in [0.29, 0.717) is 12.8 Å². The van der Waals surface area contributed by atoms with E-state index < -0.39 is 6.10 Å². The van der Waals surface area contributed by atoms with Crippen LogP contribution < -0.4 is 0 Å². The molecule has 0 aromatic heterocycles.